The fourth-order valence-electron chi connectivity index (χ4n) is 10.3. The number of rotatable bonds is 4. The molecule has 0 bridgehead atoms. The molecule has 10 aromatic rings. The summed E-state index contributed by atoms with van der Waals surface area (Å²) < 4.78 is 4.66. The molecule has 2 aromatic heterocycles. The molecule has 266 valence electrons. The molecule has 0 saturated carbocycles. The smallest absolute Gasteiger partial charge is 0.146 e. The lowest BCUT2D eigenvalue weighted by molar-refractivity contribution is 0.628. The van der Waals surface area contributed by atoms with Gasteiger partial charge in [-0.3, -0.25) is 9.13 Å². The summed E-state index contributed by atoms with van der Waals surface area (Å²) in [6, 6.07) is 57.3. The van der Waals surface area contributed by atoms with Crippen LogP contribution in [-0.4, -0.2) is 19.1 Å². The molecule has 8 aromatic carbocycles. The second-order valence-corrected chi connectivity index (χ2v) is 16.6. The van der Waals surface area contributed by atoms with Crippen molar-refractivity contribution in [3.8, 4) is 45.3 Å². The molecular weight excluding hydrogens is 681 g/mol. The Hall–Kier alpha value is -6.78. The minimum atomic E-state index is -0.239. The largest absolute Gasteiger partial charge is 0.292 e. The van der Waals surface area contributed by atoms with Crippen LogP contribution in [0.25, 0.3) is 88.9 Å². The van der Waals surface area contributed by atoms with Crippen molar-refractivity contribution in [2.24, 2.45) is 0 Å². The molecule has 2 heterocycles. The van der Waals surface area contributed by atoms with Gasteiger partial charge in [0.25, 0.3) is 0 Å². The van der Waals surface area contributed by atoms with Crippen LogP contribution in [0.1, 0.15) is 49.9 Å². The highest BCUT2D eigenvalue weighted by Crippen LogP contribution is 2.60. The first-order valence-electron chi connectivity index (χ1n) is 19.6. The topological polar surface area (TPSA) is 35.6 Å². The standard InChI is InChI=1S/C52H38N4/c1-51(2)37-29-25-35(49-53-41-19-11-13-21-43(41)55(49)31-15-7-5-8-16-31)33-24-28-40-48(45(33)37)47-39(51)27-23-34-36(26-30-38(46(34)47)52(40,3)4)50-54-42-20-12-14-22-44(42)56(50)32-17-9-6-10-18-32/h5-30H,1-4H3. The monoisotopic (exact) mass is 718 g/mol. The number of aromatic nitrogens is 4. The number of hydrogen-bond donors (Lipinski definition) is 0. The Labute approximate surface area is 325 Å². The summed E-state index contributed by atoms with van der Waals surface area (Å²) in [4.78, 5) is 10.7. The molecule has 0 aliphatic heterocycles. The summed E-state index contributed by atoms with van der Waals surface area (Å²) in [5.74, 6) is 1.92. The average molecular weight is 719 g/mol. The van der Waals surface area contributed by atoms with Gasteiger partial charge in [-0.05, 0) is 103 Å². The van der Waals surface area contributed by atoms with Gasteiger partial charge in [-0.15, -0.1) is 0 Å². The van der Waals surface area contributed by atoms with Crippen LogP contribution in [0.5, 0.6) is 0 Å². The lowest BCUT2D eigenvalue weighted by Crippen LogP contribution is -2.30. The maximum Gasteiger partial charge on any atom is 0.146 e. The zero-order valence-corrected chi connectivity index (χ0v) is 31.8. The fourth-order valence-corrected chi connectivity index (χ4v) is 10.3. The average Bonchev–Trinajstić information content (AvgIpc) is 3.81. The zero-order chi connectivity index (χ0) is 37.5. The number of benzene rings is 8. The summed E-state index contributed by atoms with van der Waals surface area (Å²) in [6.07, 6.45) is 0. The van der Waals surface area contributed by atoms with Gasteiger partial charge in [0.05, 0.1) is 22.1 Å². The van der Waals surface area contributed by atoms with Gasteiger partial charge in [-0.2, -0.15) is 0 Å². The van der Waals surface area contributed by atoms with Crippen molar-refractivity contribution < 1.29 is 0 Å². The number of para-hydroxylation sites is 6. The molecule has 4 nitrogen and oxygen atoms in total. The van der Waals surface area contributed by atoms with Crippen molar-refractivity contribution in [3.63, 3.8) is 0 Å². The van der Waals surface area contributed by atoms with Crippen LogP contribution in [0.4, 0.5) is 0 Å². The first kappa shape index (κ1) is 31.6. The van der Waals surface area contributed by atoms with Gasteiger partial charge in [0.1, 0.15) is 11.6 Å². The van der Waals surface area contributed by atoms with Crippen LogP contribution in [0.15, 0.2) is 158 Å². The number of nitrogens with zero attached hydrogens (tertiary/aromatic N) is 4. The molecule has 12 rings (SSSR count). The Morgan fingerprint density at radius 1 is 0.375 bits per heavy atom. The lowest BCUT2D eigenvalue weighted by atomic mass is 9.60. The Bertz CT molecular complexity index is 3070. The third kappa shape index (κ3) is 3.98. The molecule has 4 heteroatoms. The molecule has 0 atom stereocenters. The summed E-state index contributed by atoms with van der Waals surface area (Å²) in [5.41, 5.74) is 16.4. The van der Waals surface area contributed by atoms with E-state index in [1.165, 1.54) is 54.9 Å². The summed E-state index contributed by atoms with van der Waals surface area (Å²) >= 11 is 0. The van der Waals surface area contributed by atoms with Crippen molar-refractivity contribution in [2.75, 3.05) is 0 Å². The SMILES string of the molecule is CC1(C)c2ccc3c(-c4nc5ccccc5n4-c4ccccc4)ccc4c3c2-c2c(ccc3c(-c5nc6ccccc6n5-c5ccccc5)ccc1c23)C4(C)C. The van der Waals surface area contributed by atoms with E-state index in [2.05, 4.69) is 195 Å². The second kappa shape index (κ2) is 10.9. The molecular formula is C52H38N4. The van der Waals surface area contributed by atoms with E-state index in [1.54, 1.807) is 0 Å². The van der Waals surface area contributed by atoms with E-state index in [4.69, 9.17) is 9.97 Å². The predicted octanol–water partition coefficient (Wildman–Crippen LogP) is 13.0. The van der Waals surface area contributed by atoms with Crippen LogP contribution >= 0.6 is 0 Å². The molecule has 2 aliphatic rings. The van der Waals surface area contributed by atoms with Crippen molar-refractivity contribution in [2.45, 2.75) is 38.5 Å². The van der Waals surface area contributed by atoms with Gasteiger partial charge in [0, 0.05) is 33.3 Å². The Morgan fingerprint density at radius 2 is 0.750 bits per heavy atom. The van der Waals surface area contributed by atoms with Crippen LogP contribution < -0.4 is 0 Å². The van der Waals surface area contributed by atoms with Gasteiger partial charge in [-0.1, -0.05) is 137 Å². The van der Waals surface area contributed by atoms with Crippen molar-refractivity contribution in [1.82, 2.24) is 19.1 Å². The van der Waals surface area contributed by atoms with Gasteiger partial charge in [0.2, 0.25) is 0 Å². The lowest BCUT2D eigenvalue weighted by Gasteiger charge is -2.43. The van der Waals surface area contributed by atoms with E-state index in [1.807, 2.05) is 0 Å². The molecule has 0 amide bonds. The van der Waals surface area contributed by atoms with Crippen molar-refractivity contribution in [3.05, 3.63) is 180 Å². The van der Waals surface area contributed by atoms with E-state index >= 15 is 0 Å². The number of hydrogen-bond acceptors (Lipinski definition) is 2. The van der Waals surface area contributed by atoms with Crippen LogP contribution in [-0.2, 0) is 10.8 Å². The summed E-state index contributed by atoms with van der Waals surface area (Å²) in [5, 5.41) is 5.17. The minimum Gasteiger partial charge on any atom is -0.292 e. The molecule has 2 aliphatic carbocycles. The number of imidazole rings is 2. The third-order valence-electron chi connectivity index (χ3n) is 12.9. The number of fused-ring (bicyclic) bond motifs is 2. The molecule has 0 saturated heterocycles. The van der Waals surface area contributed by atoms with E-state index in [0.717, 1.165) is 56.2 Å². The maximum absolute atomic E-state index is 5.36. The first-order chi connectivity index (χ1) is 27.3. The van der Waals surface area contributed by atoms with E-state index < -0.39 is 0 Å². The maximum atomic E-state index is 5.36. The highest BCUT2D eigenvalue weighted by molar-refractivity contribution is 6.19. The highest BCUT2D eigenvalue weighted by atomic mass is 15.1. The van der Waals surface area contributed by atoms with Crippen LogP contribution in [0.2, 0.25) is 0 Å². The molecule has 0 fully saturated rings. The quantitative estimate of drug-likeness (QED) is 0.182. The molecule has 0 spiro atoms. The molecule has 0 radical (unpaired) electrons. The highest BCUT2D eigenvalue weighted by Gasteiger charge is 2.43. The van der Waals surface area contributed by atoms with Crippen molar-refractivity contribution in [1.29, 1.82) is 0 Å². The fraction of sp³-hybridized carbons (Fsp3) is 0.115. The Kier molecular flexibility index (Phi) is 6.15. The normalized spacial score (nSPS) is 14.7. The third-order valence-corrected chi connectivity index (χ3v) is 12.9. The predicted molar refractivity (Wildman–Crippen MR) is 231 cm³/mol. The zero-order valence-electron chi connectivity index (χ0n) is 31.8. The molecule has 0 N–H and O–H groups in total. The van der Waals surface area contributed by atoms with Gasteiger partial charge < -0.3 is 0 Å². The van der Waals surface area contributed by atoms with Crippen LogP contribution in [0.3, 0.4) is 0 Å². The molecule has 56 heavy (non-hydrogen) atoms. The van der Waals surface area contributed by atoms with E-state index in [0.29, 0.717) is 0 Å². The Balaban J connectivity index is 1.19. The first-order valence-corrected chi connectivity index (χ1v) is 19.6. The van der Waals surface area contributed by atoms with E-state index in [-0.39, 0.29) is 10.8 Å². The molecule has 0 unspecified atom stereocenters. The summed E-state index contributed by atoms with van der Waals surface area (Å²) in [6.45, 7) is 9.64. The van der Waals surface area contributed by atoms with Gasteiger partial charge in [0.15, 0.2) is 0 Å². The van der Waals surface area contributed by atoms with Crippen molar-refractivity contribution >= 4 is 43.6 Å². The van der Waals surface area contributed by atoms with E-state index in [9.17, 15) is 0 Å². The second-order valence-electron chi connectivity index (χ2n) is 16.6. The Morgan fingerprint density at radius 3 is 1.18 bits per heavy atom. The summed E-state index contributed by atoms with van der Waals surface area (Å²) in [7, 11) is 0. The van der Waals surface area contributed by atoms with Gasteiger partial charge in [-0.25, -0.2) is 9.97 Å². The van der Waals surface area contributed by atoms with Crippen LogP contribution in [0, 0.1) is 0 Å². The minimum absolute atomic E-state index is 0.239. The van der Waals surface area contributed by atoms with Gasteiger partial charge >= 0.3 is 0 Å².